The molecule has 0 amide bonds. The summed E-state index contributed by atoms with van der Waals surface area (Å²) in [6.07, 6.45) is 1.16. The molecule has 0 saturated carbocycles. The number of sulfonamides is 1. The van der Waals surface area contributed by atoms with E-state index >= 15 is 0 Å². The lowest BCUT2D eigenvalue weighted by molar-refractivity contribution is 0.319. The van der Waals surface area contributed by atoms with Crippen LogP contribution in [0.15, 0.2) is 15.6 Å². The van der Waals surface area contributed by atoms with Crippen molar-refractivity contribution in [1.82, 2.24) is 0 Å². The van der Waals surface area contributed by atoms with Gasteiger partial charge in [0.2, 0.25) is 0 Å². The lowest BCUT2D eigenvalue weighted by atomic mass is 10.6. The molecule has 1 heterocycles. The highest BCUT2D eigenvalue weighted by molar-refractivity contribution is 7.93. The molecule has 0 saturated heterocycles. The van der Waals surface area contributed by atoms with Crippen LogP contribution in [0.25, 0.3) is 0 Å². The third kappa shape index (κ3) is 1.29. The molecule has 0 aromatic rings. The number of rotatable bonds is 1. The van der Waals surface area contributed by atoms with Gasteiger partial charge in [-0.25, -0.2) is 0 Å². The minimum Gasteiger partial charge on any atom is -0.494 e. The van der Waals surface area contributed by atoms with Crippen LogP contribution in [0, 0.1) is 0 Å². The van der Waals surface area contributed by atoms with Gasteiger partial charge in [-0.1, -0.05) is 0 Å². The molecule has 1 aliphatic rings. The zero-order valence-electron chi connectivity index (χ0n) is 4.73. The molecule has 0 radical (unpaired) electrons. The third-order valence-corrected chi connectivity index (χ3v) is 1.76. The largest absolute Gasteiger partial charge is 0.494 e. The van der Waals surface area contributed by atoms with Gasteiger partial charge in [-0.15, -0.1) is 0 Å². The van der Waals surface area contributed by atoms with E-state index in [0.29, 0.717) is 0 Å². The van der Waals surface area contributed by atoms with Crippen LogP contribution in [-0.4, -0.2) is 21.7 Å². The van der Waals surface area contributed by atoms with Crippen LogP contribution in [0.3, 0.4) is 0 Å². The monoisotopic (exact) mass is 147 g/mol. The van der Waals surface area contributed by atoms with Gasteiger partial charge in [0.15, 0.2) is 5.76 Å². The Balaban J connectivity index is 3.01. The Labute approximate surface area is 52.9 Å². The Morgan fingerprint density at radius 2 is 2.33 bits per heavy atom. The molecule has 1 rings (SSSR count). The van der Waals surface area contributed by atoms with E-state index in [1.807, 2.05) is 0 Å². The lowest BCUT2D eigenvalue weighted by Gasteiger charge is -1.88. The second-order valence-electron chi connectivity index (χ2n) is 1.47. The van der Waals surface area contributed by atoms with Crippen molar-refractivity contribution in [3.63, 3.8) is 0 Å². The van der Waals surface area contributed by atoms with Gasteiger partial charge in [0.25, 0.3) is 10.0 Å². The zero-order chi connectivity index (χ0) is 6.91. The number of allylic oxidation sites excluding steroid dienone is 1. The number of methoxy groups -OCH3 is 1. The number of ether oxygens (including phenoxy) is 1. The van der Waals surface area contributed by atoms with Crippen LogP contribution < -0.4 is 0 Å². The van der Waals surface area contributed by atoms with Crippen molar-refractivity contribution >= 4 is 16.2 Å². The molecule has 0 N–H and O–H groups in total. The molecule has 0 fully saturated rings. The Kier molecular flexibility index (Phi) is 1.28. The Hall–Kier alpha value is -0.840. The van der Waals surface area contributed by atoms with Crippen molar-refractivity contribution in [1.29, 1.82) is 0 Å². The summed E-state index contributed by atoms with van der Waals surface area (Å²) < 4.78 is 28.6. The molecule has 50 valence electrons. The average Bonchev–Trinajstić information content (AvgIpc) is 2.10. The van der Waals surface area contributed by atoms with E-state index in [1.54, 1.807) is 0 Å². The van der Waals surface area contributed by atoms with E-state index in [-0.39, 0.29) is 5.76 Å². The van der Waals surface area contributed by atoms with Crippen LogP contribution in [0.1, 0.15) is 0 Å². The SMILES string of the molecule is COC1=CS(=O)(=O)N=C1. The lowest BCUT2D eigenvalue weighted by Crippen LogP contribution is -1.83. The second-order valence-corrected chi connectivity index (χ2v) is 2.95. The number of hydrogen-bond acceptors (Lipinski definition) is 3. The predicted octanol–water partition coefficient (Wildman–Crippen LogP) is -0.112. The minimum absolute atomic E-state index is 0.273. The van der Waals surface area contributed by atoms with E-state index in [0.717, 1.165) is 11.6 Å². The fourth-order valence-electron chi connectivity index (χ4n) is 0.434. The molecular weight excluding hydrogens is 142 g/mol. The maximum Gasteiger partial charge on any atom is 0.279 e. The van der Waals surface area contributed by atoms with E-state index in [4.69, 9.17) is 0 Å². The normalized spacial score (nSPS) is 21.7. The van der Waals surface area contributed by atoms with Crippen LogP contribution in [0.5, 0.6) is 0 Å². The molecule has 0 atom stereocenters. The molecule has 4 nitrogen and oxygen atoms in total. The van der Waals surface area contributed by atoms with Gasteiger partial charge in [-0.3, -0.25) is 0 Å². The van der Waals surface area contributed by atoms with Crippen LogP contribution in [0.2, 0.25) is 0 Å². The first-order valence-corrected chi connectivity index (χ1v) is 3.70. The maximum absolute atomic E-state index is 10.4. The summed E-state index contributed by atoms with van der Waals surface area (Å²) in [5.74, 6) is 0.273. The molecular formula is C4H5NO3S. The summed E-state index contributed by atoms with van der Waals surface area (Å²) in [4.78, 5) is 0. The standard InChI is InChI=1S/C4H5NO3S/c1-8-4-2-5-9(6,7)3-4/h2-3H,1H3. The summed E-state index contributed by atoms with van der Waals surface area (Å²) >= 11 is 0. The molecule has 1 aliphatic heterocycles. The smallest absolute Gasteiger partial charge is 0.279 e. The third-order valence-electron chi connectivity index (χ3n) is 0.828. The number of nitrogens with zero attached hydrogens (tertiary/aromatic N) is 1. The molecule has 0 aliphatic carbocycles. The Bertz CT molecular complexity index is 262. The quantitative estimate of drug-likeness (QED) is 0.520. The van der Waals surface area contributed by atoms with Crippen molar-refractivity contribution in [3.8, 4) is 0 Å². The summed E-state index contributed by atoms with van der Waals surface area (Å²) in [5.41, 5.74) is 0. The Morgan fingerprint density at radius 1 is 1.67 bits per heavy atom. The first-order chi connectivity index (χ1) is 4.14. The van der Waals surface area contributed by atoms with E-state index in [9.17, 15) is 8.42 Å². The van der Waals surface area contributed by atoms with Gasteiger partial charge in [0, 0.05) is 0 Å². The molecule has 0 spiro atoms. The fraction of sp³-hybridized carbons (Fsp3) is 0.250. The first-order valence-electron chi connectivity index (χ1n) is 2.20. The minimum atomic E-state index is -3.33. The summed E-state index contributed by atoms with van der Waals surface area (Å²) in [7, 11) is -1.94. The summed E-state index contributed by atoms with van der Waals surface area (Å²) in [6, 6.07) is 0. The summed E-state index contributed by atoms with van der Waals surface area (Å²) in [5, 5.41) is 0.965. The number of hydrogen-bond donors (Lipinski definition) is 0. The highest BCUT2D eigenvalue weighted by Gasteiger charge is 2.11. The van der Waals surface area contributed by atoms with Crippen molar-refractivity contribution < 1.29 is 13.2 Å². The molecule has 9 heavy (non-hydrogen) atoms. The molecule has 0 aromatic carbocycles. The van der Waals surface area contributed by atoms with Crippen LogP contribution in [-0.2, 0) is 14.8 Å². The van der Waals surface area contributed by atoms with Crippen LogP contribution >= 0.6 is 0 Å². The highest BCUT2D eigenvalue weighted by atomic mass is 32.2. The molecule has 0 unspecified atom stereocenters. The molecule has 0 aromatic heterocycles. The highest BCUT2D eigenvalue weighted by Crippen LogP contribution is 2.07. The van der Waals surface area contributed by atoms with Gasteiger partial charge in [0.1, 0.15) is 0 Å². The fourth-order valence-corrected chi connectivity index (χ4v) is 1.20. The first kappa shape index (κ1) is 6.28. The van der Waals surface area contributed by atoms with Crippen molar-refractivity contribution in [2.45, 2.75) is 0 Å². The van der Waals surface area contributed by atoms with Crippen molar-refractivity contribution in [2.75, 3.05) is 7.11 Å². The maximum atomic E-state index is 10.4. The van der Waals surface area contributed by atoms with E-state index in [2.05, 4.69) is 9.13 Å². The topological polar surface area (TPSA) is 55.7 Å². The zero-order valence-corrected chi connectivity index (χ0v) is 5.55. The Morgan fingerprint density at radius 3 is 2.56 bits per heavy atom. The van der Waals surface area contributed by atoms with E-state index in [1.165, 1.54) is 7.11 Å². The second kappa shape index (κ2) is 1.84. The summed E-state index contributed by atoms with van der Waals surface area (Å²) in [6.45, 7) is 0. The average molecular weight is 147 g/mol. The molecule has 0 bridgehead atoms. The van der Waals surface area contributed by atoms with Gasteiger partial charge < -0.3 is 4.74 Å². The van der Waals surface area contributed by atoms with Gasteiger partial charge in [-0.2, -0.15) is 12.8 Å². The van der Waals surface area contributed by atoms with Gasteiger partial charge in [0.05, 0.1) is 18.7 Å². The van der Waals surface area contributed by atoms with Crippen molar-refractivity contribution in [2.24, 2.45) is 4.40 Å². The molecule has 5 heteroatoms. The predicted molar refractivity (Wildman–Crippen MR) is 32.5 cm³/mol. The van der Waals surface area contributed by atoms with E-state index < -0.39 is 10.0 Å². The van der Waals surface area contributed by atoms with Crippen LogP contribution in [0.4, 0.5) is 0 Å². The van der Waals surface area contributed by atoms with Gasteiger partial charge >= 0.3 is 0 Å². The van der Waals surface area contributed by atoms with Crippen molar-refractivity contribution in [3.05, 3.63) is 11.2 Å². The van der Waals surface area contributed by atoms with Gasteiger partial charge in [-0.05, 0) is 0 Å².